The molecule has 0 aliphatic carbocycles. The van der Waals surface area contributed by atoms with Crippen LogP contribution in [0.3, 0.4) is 0 Å². The maximum absolute atomic E-state index is 10.00. The van der Waals surface area contributed by atoms with Crippen molar-refractivity contribution in [3.8, 4) is 11.5 Å². The van der Waals surface area contributed by atoms with Gasteiger partial charge in [0.15, 0.2) is 0 Å². The Balaban J connectivity index is 1.89. The molecule has 3 rings (SSSR count). The summed E-state index contributed by atoms with van der Waals surface area (Å²) < 4.78 is 5.91. The molecule has 0 saturated heterocycles. The molecule has 0 fully saturated rings. The Morgan fingerprint density at radius 1 is 0.833 bits per heavy atom. The van der Waals surface area contributed by atoms with Gasteiger partial charge in [0.25, 0.3) is 0 Å². The van der Waals surface area contributed by atoms with E-state index in [2.05, 4.69) is 18.7 Å². The van der Waals surface area contributed by atoms with Crippen molar-refractivity contribution in [1.82, 2.24) is 4.90 Å². The Hall–Kier alpha value is -2.75. The average Bonchev–Trinajstić information content (AvgIpc) is 2.78. The van der Waals surface area contributed by atoms with Crippen molar-refractivity contribution >= 4 is 22.2 Å². The summed E-state index contributed by atoms with van der Waals surface area (Å²) >= 11 is 6.85. The van der Waals surface area contributed by atoms with Crippen LogP contribution in [0.1, 0.15) is 30.5 Å². The van der Waals surface area contributed by atoms with Crippen molar-refractivity contribution in [1.29, 1.82) is 0 Å². The normalized spacial score (nSPS) is 12.0. The second kappa shape index (κ2) is 10.9. The Kier molecular flexibility index (Phi) is 7.95. The molecular formula is C26H28ClNO2. The molecule has 0 bridgehead atoms. The van der Waals surface area contributed by atoms with E-state index in [1.54, 1.807) is 12.1 Å². The van der Waals surface area contributed by atoms with Gasteiger partial charge in [-0.3, -0.25) is 0 Å². The number of likely N-dealkylation sites (N-methyl/N-ethyl adjacent to an activating group) is 1. The summed E-state index contributed by atoms with van der Waals surface area (Å²) in [5.41, 5.74) is 3.62. The number of phenols is 1. The molecule has 4 heteroatoms. The maximum atomic E-state index is 10.00. The Morgan fingerprint density at radius 3 is 2.13 bits per heavy atom. The SMILES string of the molecule is CCN(CC)CCOc1ccc(/C(=C(/Cl)c2ccccc2)c2cccc(O)c2)cc1. The van der Waals surface area contributed by atoms with E-state index < -0.39 is 0 Å². The van der Waals surface area contributed by atoms with Gasteiger partial charge in [0.05, 0.1) is 5.03 Å². The monoisotopic (exact) mass is 421 g/mol. The quantitative estimate of drug-likeness (QED) is 0.413. The van der Waals surface area contributed by atoms with Crippen molar-refractivity contribution < 1.29 is 9.84 Å². The van der Waals surface area contributed by atoms with Crippen molar-refractivity contribution in [2.75, 3.05) is 26.2 Å². The van der Waals surface area contributed by atoms with Gasteiger partial charge < -0.3 is 14.7 Å². The third-order valence-electron chi connectivity index (χ3n) is 5.10. The first kappa shape index (κ1) is 21.9. The Morgan fingerprint density at radius 2 is 1.50 bits per heavy atom. The Bertz CT molecular complexity index is 964. The fourth-order valence-corrected chi connectivity index (χ4v) is 3.70. The molecule has 0 radical (unpaired) electrons. The predicted molar refractivity (Wildman–Crippen MR) is 126 cm³/mol. The molecule has 0 aliphatic heterocycles. The smallest absolute Gasteiger partial charge is 0.119 e. The Labute approximate surface area is 184 Å². The second-order valence-electron chi connectivity index (χ2n) is 7.01. The zero-order valence-electron chi connectivity index (χ0n) is 17.5. The van der Waals surface area contributed by atoms with Crippen LogP contribution >= 0.6 is 11.6 Å². The minimum Gasteiger partial charge on any atom is -0.508 e. The van der Waals surface area contributed by atoms with Crippen LogP contribution in [0.4, 0.5) is 0 Å². The number of rotatable bonds is 9. The van der Waals surface area contributed by atoms with E-state index in [1.807, 2.05) is 66.7 Å². The van der Waals surface area contributed by atoms with E-state index in [1.165, 1.54) is 0 Å². The van der Waals surface area contributed by atoms with Crippen LogP contribution in [0, 0.1) is 0 Å². The highest BCUT2D eigenvalue weighted by Crippen LogP contribution is 2.36. The first-order valence-electron chi connectivity index (χ1n) is 10.3. The molecule has 0 heterocycles. The summed E-state index contributed by atoms with van der Waals surface area (Å²) in [5.74, 6) is 1.04. The van der Waals surface area contributed by atoms with E-state index in [0.29, 0.717) is 11.6 Å². The number of halogens is 1. The molecule has 0 amide bonds. The molecule has 156 valence electrons. The molecule has 0 aliphatic rings. The number of ether oxygens (including phenoxy) is 1. The molecule has 3 aromatic rings. The first-order valence-corrected chi connectivity index (χ1v) is 10.7. The van der Waals surface area contributed by atoms with Gasteiger partial charge in [-0.25, -0.2) is 0 Å². The van der Waals surface area contributed by atoms with Gasteiger partial charge in [-0.2, -0.15) is 0 Å². The minimum absolute atomic E-state index is 0.207. The third kappa shape index (κ3) is 5.65. The molecular weight excluding hydrogens is 394 g/mol. The summed E-state index contributed by atoms with van der Waals surface area (Å²) in [4.78, 5) is 2.33. The highest BCUT2D eigenvalue weighted by atomic mass is 35.5. The van der Waals surface area contributed by atoms with Gasteiger partial charge in [-0.1, -0.05) is 80.0 Å². The minimum atomic E-state index is 0.207. The van der Waals surface area contributed by atoms with Crippen LogP contribution in [0.2, 0.25) is 0 Å². The zero-order chi connectivity index (χ0) is 21.3. The molecule has 0 spiro atoms. The molecule has 1 N–H and O–H groups in total. The van der Waals surface area contributed by atoms with Crippen LogP contribution in [-0.2, 0) is 0 Å². The number of hydrogen-bond acceptors (Lipinski definition) is 3. The zero-order valence-corrected chi connectivity index (χ0v) is 18.3. The van der Waals surface area contributed by atoms with Crippen molar-refractivity contribution in [3.05, 3.63) is 95.6 Å². The highest BCUT2D eigenvalue weighted by Gasteiger charge is 2.13. The summed E-state index contributed by atoms with van der Waals surface area (Å²) in [6.45, 7) is 7.92. The van der Waals surface area contributed by atoms with Gasteiger partial charge >= 0.3 is 0 Å². The van der Waals surface area contributed by atoms with E-state index in [0.717, 1.165) is 47.6 Å². The maximum Gasteiger partial charge on any atom is 0.119 e. The number of aromatic hydroxyl groups is 1. The molecule has 3 aromatic carbocycles. The largest absolute Gasteiger partial charge is 0.508 e. The van der Waals surface area contributed by atoms with Crippen LogP contribution in [0.15, 0.2) is 78.9 Å². The van der Waals surface area contributed by atoms with Crippen LogP contribution < -0.4 is 4.74 Å². The lowest BCUT2D eigenvalue weighted by atomic mass is 9.95. The first-order chi connectivity index (χ1) is 14.6. The average molecular weight is 422 g/mol. The standard InChI is InChI=1S/C26H28ClNO2/c1-3-28(4-2)17-18-30-24-15-13-20(14-16-24)25(22-11-8-12-23(29)19-22)26(27)21-9-6-5-7-10-21/h5-16,19,29H,3-4,17-18H2,1-2H3/b26-25-. The number of phenolic OH excluding ortho intramolecular Hbond substituents is 1. The molecule has 3 nitrogen and oxygen atoms in total. The summed E-state index contributed by atoms with van der Waals surface area (Å²) in [6.07, 6.45) is 0. The predicted octanol–water partition coefficient (Wildman–Crippen LogP) is 6.27. The topological polar surface area (TPSA) is 32.7 Å². The fourth-order valence-electron chi connectivity index (χ4n) is 3.36. The van der Waals surface area contributed by atoms with Gasteiger partial charge in [0, 0.05) is 12.1 Å². The third-order valence-corrected chi connectivity index (χ3v) is 5.50. The molecule has 0 aromatic heterocycles. The highest BCUT2D eigenvalue weighted by molar-refractivity contribution is 6.53. The van der Waals surface area contributed by atoms with Gasteiger partial charge in [-0.05, 0) is 54.0 Å². The molecule has 0 saturated carbocycles. The van der Waals surface area contributed by atoms with Gasteiger partial charge in [0.2, 0.25) is 0 Å². The van der Waals surface area contributed by atoms with Crippen LogP contribution in [-0.4, -0.2) is 36.2 Å². The second-order valence-corrected chi connectivity index (χ2v) is 7.38. The molecule has 0 atom stereocenters. The summed E-state index contributed by atoms with van der Waals surface area (Å²) in [7, 11) is 0. The molecule has 30 heavy (non-hydrogen) atoms. The van der Waals surface area contributed by atoms with Gasteiger partial charge in [0.1, 0.15) is 18.1 Å². The number of hydrogen-bond donors (Lipinski definition) is 1. The lowest BCUT2D eigenvalue weighted by molar-refractivity contribution is 0.223. The van der Waals surface area contributed by atoms with Crippen molar-refractivity contribution in [3.63, 3.8) is 0 Å². The van der Waals surface area contributed by atoms with Crippen molar-refractivity contribution in [2.45, 2.75) is 13.8 Å². The number of benzene rings is 3. The summed E-state index contributed by atoms with van der Waals surface area (Å²) in [6, 6.07) is 25.0. The van der Waals surface area contributed by atoms with E-state index >= 15 is 0 Å². The van der Waals surface area contributed by atoms with E-state index in [-0.39, 0.29) is 5.75 Å². The fraction of sp³-hybridized carbons (Fsp3) is 0.231. The van der Waals surface area contributed by atoms with Crippen molar-refractivity contribution in [2.24, 2.45) is 0 Å². The lowest BCUT2D eigenvalue weighted by Gasteiger charge is -2.18. The lowest BCUT2D eigenvalue weighted by Crippen LogP contribution is -2.27. The number of nitrogens with zero attached hydrogens (tertiary/aromatic N) is 1. The van der Waals surface area contributed by atoms with Crippen LogP contribution in [0.5, 0.6) is 11.5 Å². The van der Waals surface area contributed by atoms with Crippen LogP contribution in [0.25, 0.3) is 10.6 Å². The van der Waals surface area contributed by atoms with E-state index in [9.17, 15) is 5.11 Å². The van der Waals surface area contributed by atoms with Gasteiger partial charge in [-0.15, -0.1) is 0 Å². The molecule has 0 unspecified atom stereocenters. The summed E-state index contributed by atoms with van der Waals surface area (Å²) in [5, 5.41) is 10.6. The van der Waals surface area contributed by atoms with E-state index in [4.69, 9.17) is 16.3 Å².